The van der Waals surface area contributed by atoms with Crippen molar-refractivity contribution in [3.8, 4) is 5.75 Å². The van der Waals surface area contributed by atoms with E-state index in [1.807, 2.05) is 32.0 Å². The van der Waals surface area contributed by atoms with Gasteiger partial charge in [-0.2, -0.15) is 0 Å². The quantitative estimate of drug-likeness (QED) is 0.295. The van der Waals surface area contributed by atoms with E-state index in [1.54, 1.807) is 13.2 Å². The van der Waals surface area contributed by atoms with Crippen LogP contribution in [0.1, 0.15) is 73.9 Å². The van der Waals surface area contributed by atoms with Crippen molar-refractivity contribution in [2.75, 3.05) is 44.9 Å². The van der Waals surface area contributed by atoms with Crippen molar-refractivity contribution in [2.45, 2.75) is 75.6 Å². The number of aryl methyl sites for hydroxylation is 1. The van der Waals surface area contributed by atoms with Gasteiger partial charge in [0.15, 0.2) is 0 Å². The molecule has 8 nitrogen and oxygen atoms in total. The maximum atomic E-state index is 13.5. The second kappa shape index (κ2) is 13.9. The summed E-state index contributed by atoms with van der Waals surface area (Å²) in [5.41, 5.74) is 3.44. The van der Waals surface area contributed by atoms with E-state index in [4.69, 9.17) is 25.8 Å². The molecule has 1 fully saturated rings. The van der Waals surface area contributed by atoms with Gasteiger partial charge in [-0.05, 0) is 104 Å². The molecule has 1 saturated carbocycles. The van der Waals surface area contributed by atoms with E-state index >= 15 is 0 Å². The number of halogens is 1. The number of amides is 1. The Morgan fingerprint density at radius 1 is 1.15 bits per heavy atom. The number of hydrogen-bond donors (Lipinski definition) is 1. The molecule has 2 aromatic rings. The van der Waals surface area contributed by atoms with E-state index in [0.717, 1.165) is 55.9 Å². The smallest absolute Gasteiger partial charge is 0.264 e. The number of anilines is 1. The molecule has 2 aliphatic heterocycles. The van der Waals surface area contributed by atoms with E-state index in [-0.39, 0.29) is 17.4 Å². The van der Waals surface area contributed by atoms with Crippen LogP contribution in [0.4, 0.5) is 5.69 Å². The van der Waals surface area contributed by atoms with Gasteiger partial charge >= 0.3 is 0 Å². The summed E-state index contributed by atoms with van der Waals surface area (Å²) in [6.45, 7) is 6.81. The Bertz CT molecular complexity index is 1560. The standard InChI is InChI=1S/C36H47ClN2O6S/c1-4-34-24(2)7-5-9-32(44-18-17-43-3)29-13-10-27(29)21-39-22-36(16-6-8-25-19-28(37)12-14-30(25)36)23-45-33-15-11-26(20-31(33)39)35(40)38-46(34,41)42/h5,9,11-12,14-15,19-20,24,27,29,32,34H,4,6-8,10,13,16-18,21-23H2,1-3H3,(H,38,40)/b9-5-/t24-,27-,29+,32-,34+,36-/m0/s1. The number of benzene rings is 2. The van der Waals surface area contributed by atoms with Crippen molar-refractivity contribution < 1.29 is 27.4 Å². The molecule has 0 saturated heterocycles. The summed E-state index contributed by atoms with van der Waals surface area (Å²) >= 11 is 6.44. The molecule has 6 rings (SSSR count). The Kier molecular flexibility index (Phi) is 10.0. The number of methoxy groups -OCH3 is 1. The first-order chi connectivity index (χ1) is 22.1. The first-order valence-electron chi connectivity index (χ1n) is 16.8. The minimum absolute atomic E-state index is 0.0917. The van der Waals surface area contributed by atoms with Crippen molar-refractivity contribution in [3.63, 3.8) is 0 Å². The molecule has 250 valence electrons. The molecule has 10 heteroatoms. The van der Waals surface area contributed by atoms with Crippen LogP contribution in [0.2, 0.25) is 5.02 Å². The van der Waals surface area contributed by atoms with Crippen LogP contribution >= 0.6 is 11.6 Å². The highest BCUT2D eigenvalue weighted by Crippen LogP contribution is 2.47. The van der Waals surface area contributed by atoms with Gasteiger partial charge < -0.3 is 19.1 Å². The Morgan fingerprint density at radius 2 is 2.00 bits per heavy atom. The molecule has 1 amide bonds. The second-order valence-corrected chi connectivity index (χ2v) is 16.0. The van der Waals surface area contributed by atoms with Crippen LogP contribution in [0, 0.1) is 17.8 Å². The van der Waals surface area contributed by atoms with Gasteiger partial charge in [-0.1, -0.05) is 43.7 Å². The number of rotatable bonds is 5. The molecule has 0 unspecified atom stereocenters. The summed E-state index contributed by atoms with van der Waals surface area (Å²) < 4.78 is 47.8. The van der Waals surface area contributed by atoms with Crippen molar-refractivity contribution in [1.29, 1.82) is 0 Å². The molecule has 2 aliphatic carbocycles. The summed E-state index contributed by atoms with van der Waals surface area (Å²) in [5.74, 6) is 0.606. The van der Waals surface area contributed by atoms with E-state index in [0.29, 0.717) is 55.8 Å². The predicted molar refractivity (Wildman–Crippen MR) is 181 cm³/mol. The largest absolute Gasteiger partial charge is 0.490 e. The molecule has 6 atom stereocenters. The number of hydrogen-bond acceptors (Lipinski definition) is 7. The SMILES string of the molecule is CC[C@@H]1[C@@H](C)C/C=C\[C@H](OCCOC)[C@@H]2CC[C@H]2CN2C[C@@]3(CCCc4cc(Cl)ccc43)COc3ccc(cc32)C(=O)NS1(=O)=O. The van der Waals surface area contributed by atoms with E-state index < -0.39 is 21.2 Å². The number of sulfonamides is 1. The van der Waals surface area contributed by atoms with Crippen molar-refractivity contribution in [1.82, 2.24) is 4.72 Å². The average molecular weight is 671 g/mol. The predicted octanol–water partition coefficient (Wildman–Crippen LogP) is 6.31. The van der Waals surface area contributed by atoms with Crippen LogP contribution in [-0.4, -0.2) is 65.7 Å². The van der Waals surface area contributed by atoms with Crippen LogP contribution in [0.15, 0.2) is 48.6 Å². The van der Waals surface area contributed by atoms with Crippen LogP contribution in [0.3, 0.4) is 0 Å². The zero-order chi connectivity index (χ0) is 32.5. The maximum Gasteiger partial charge on any atom is 0.264 e. The Hall–Kier alpha value is -2.59. The van der Waals surface area contributed by atoms with E-state index in [9.17, 15) is 13.2 Å². The minimum Gasteiger partial charge on any atom is -0.490 e. The van der Waals surface area contributed by atoms with Gasteiger partial charge in [-0.15, -0.1) is 0 Å². The van der Waals surface area contributed by atoms with Gasteiger partial charge in [-0.3, -0.25) is 4.79 Å². The van der Waals surface area contributed by atoms with E-state index in [1.165, 1.54) is 11.1 Å². The average Bonchev–Trinajstić information content (AvgIpc) is 3.15. The fraction of sp³-hybridized carbons (Fsp3) is 0.583. The van der Waals surface area contributed by atoms with Gasteiger partial charge in [0, 0.05) is 36.2 Å². The normalized spacial score (nSPS) is 31.4. The molecule has 0 radical (unpaired) electrons. The van der Waals surface area contributed by atoms with Crippen LogP contribution in [0.25, 0.3) is 0 Å². The number of nitrogens with one attached hydrogen (secondary N) is 1. The van der Waals surface area contributed by atoms with Gasteiger partial charge in [0.05, 0.1) is 36.9 Å². The zero-order valence-corrected chi connectivity index (χ0v) is 28.7. The third kappa shape index (κ3) is 6.71. The van der Waals surface area contributed by atoms with Gasteiger partial charge in [-0.25, -0.2) is 13.1 Å². The molecule has 2 bridgehead atoms. The fourth-order valence-corrected chi connectivity index (χ4v) is 10.0. The monoisotopic (exact) mass is 670 g/mol. The molecule has 1 N–H and O–H groups in total. The lowest BCUT2D eigenvalue weighted by Gasteiger charge is -2.46. The first-order valence-corrected chi connectivity index (χ1v) is 18.7. The third-order valence-electron chi connectivity index (χ3n) is 10.8. The van der Waals surface area contributed by atoms with Crippen molar-refractivity contribution in [2.24, 2.45) is 17.8 Å². The number of carbonyl (C=O) groups excluding carboxylic acids is 1. The highest BCUT2D eigenvalue weighted by Gasteiger charge is 2.44. The molecular formula is C36H47ClN2O6S. The van der Waals surface area contributed by atoms with Gasteiger partial charge in [0.1, 0.15) is 5.75 Å². The highest BCUT2D eigenvalue weighted by molar-refractivity contribution is 7.90. The van der Waals surface area contributed by atoms with Crippen LogP contribution in [0.5, 0.6) is 5.75 Å². The number of ether oxygens (including phenoxy) is 3. The Morgan fingerprint density at radius 3 is 2.76 bits per heavy atom. The molecule has 2 aromatic carbocycles. The molecule has 2 heterocycles. The summed E-state index contributed by atoms with van der Waals surface area (Å²) in [6.07, 6.45) is 10.2. The zero-order valence-electron chi connectivity index (χ0n) is 27.2. The molecule has 4 aliphatic rings. The molecule has 0 aromatic heterocycles. The molecule has 46 heavy (non-hydrogen) atoms. The Labute approximate surface area is 278 Å². The Balaban J connectivity index is 1.42. The summed E-state index contributed by atoms with van der Waals surface area (Å²) in [5, 5.41) is 0.0348. The fourth-order valence-electron chi connectivity index (χ4n) is 8.15. The number of carbonyl (C=O) groups is 1. The number of fused-ring (bicyclic) bond motifs is 4. The number of allylic oxidation sites excluding steroid dienone is 1. The third-order valence-corrected chi connectivity index (χ3v) is 13.1. The van der Waals surface area contributed by atoms with E-state index in [2.05, 4.69) is 33.9 Å². The summed E-state index contributed by atoms with van der Waals surface area (Å²) in [6, 6.07) is 11.6. The molecule has 1 spiro atoms. The topological polar surface area (TPSA) is 94.2 Å². The molecular weight excluding hydrogens is 624 g/mol. The van der Waals surface area contributed by atoms with Gasteiger partial charge in [0.25, 0.3) is 5.91 Å². The van der Waals surface area contributed by atoms with Gasteiger partial charge in [0.2, 0.25) is 10.0 Å². The maximum absolute atomic E-state index is 13.5. The number of nitrogens with zero attached hydrogens (tertiary/aromatic N) is 1. The van der Waals surface area contributed by atoms with Crippen molar-refractivity contribution in [3.05, 3.63) is 70.3 Å². The lowest BCUT2D eigenvalue weighted by Crippen LogP contribution is -2.49. The highest BCUT2D eigenvalue weighted by atomic mass is 35.5. The van der Waals surface area contributed by atoms with Crippen LogP contribution < -0.4 is 14.4 Å². The summed E-state index contributed by atoms with van der Waals surface area (Å²) in [7, 11) is -2.25. The summed E-state index contributed by atoms with van der Waals surface area (Å²) in [4.78, 5) is 15.9. The minimum atomic E-state index is -3.93. The second-order valence-electron chi connectivity index (χ2n) is 13.7. The first kappa shape index (κ1) is 33.3. The van der Waals surface area contributed by atoms with Crippen LogP contribution in [-0.2, 0) is 31.3 Å². The lowest BCUT2D eigenvalue weighted by atomic mass is 9.68. The lowest BCUT2D eigenvalue weighted by molar-refractivity contribution is -0.0309. The van der Waals surface area contributed by atoms with Crippen molar-refractivity contribution >= 4 is 33.2 Å².